The first-order chi connectivity index (χ1) is 7.66. The molecule has 84 valence electrons. The van der Waals surface area contributed by atoms with E-state index in [9.17, 15) is 9.50 Å². The van der Waals surface area contributed by atoms with E-state index in [0.29, 0.717) is 17.0 Å². The van der Waals surface area contributed by atoms with E-state index in [4.69, 9.17) is 11.6 Å². The third kappa shape index (κ3) is 2.61. The van der Waals surface area contributed by atoms with E-state index in [-0.39, 0.29) is 5.82 Å². The van der Waals surface area contributed by atoms with Crippen LogP contribution in [-0.2, 0) is 6.42 Å². The molecule has 0 bridgehead atoms. The Morgan fingerprint density at radius 3 is 2.88 bits per heavy atom. The number of thiophene rings is 1. The molecule has 0 aliphatic heterocycles. The van der Waals surface area contributed by atoms with Crippen molar-refractivity contribution >= 4 is 22.9 Å². The van der Waals surface area contributed by atoms with Crippen LogP contribution < -0.4 is 0 Å². The number of benzene rings is 1. The molecule has 0 amide bonds. The average molecular weight is 257 g/mol. The van der Waals surface area contributed by atoms with Crippen molar-refractivity contribution in [2.24, 2.45) is 0 Å². The fourth-order valence-electron chi connectivity index (χ4n) is 1.51. The molecular weight excluding hydrogens is 247 g/mol. The molecule has 0 radical (unpaired) electrons. The highest BCUT2D eigenvalue weighted by atomic mass is 35.5. The highest BCUT2D eigenvalue weighted by molar-refractivity contribution is 7.07. The Morgan fingerprint density at radius 1 is 1.38 bits per heavy atom. The van der Waals surface area contributed by atoms with E-state index in [1.54, 1.807) is 11.3 Å². The number of hydrogen-bond acceptors (Lipinski definition) is 2. The molecule has 0 aliphatic rings. The summed E-state index contributed by atoms with van der Waals surface area (Å²) in [5.41, 5.74) is 1.46. The topological polar surface area (TPSA) is 20.2 Å². The van der Waals surface area contributed by atoms with Gasteiger partial charge in [-0.15, -0.1) is 0 Å². The predicted molar refractivity (Wildman–Crippen MR) is 64.4 cm³/mol. The lowest BCUT2D eigenvalue weighted by Gasteiger charge is -2.11. The second-order valence-corrected chi connectivity index (χ2v) is 4.70. The van der Waals surface area contributed by atoms with Gasteiger partial charge in [-0.3, -0.25) is 0 Å². The highest BCUT2D eigenvalue weighted by Crippen LogP contribution is 2.26. The zero-order valence-electron chi connectivity index (χ0n) is 8.36. The molecule has 1 atom stereocenters. The van der Waals surface area contributed by atoms with Crippen LogP contribution in [0.5, 0.6) is 0 Å². The van der Waals surface area contributed by atoms with Crippen molar-refractivity contribution in [1.29, 1.82) is 0 Å². The number of aliphatic hydroxyl groups is 1. The third-order valence-corrected chi connectivity index (χ3v) is 3.40. The molecule has 1 unspecified atom stereocenters. The van der Waals surface area contributed by atoms with Gasteiger partial charge in [-0.1, -0.05) is 11.6 Å². The molecule has 16 heavy (non-hydrogen) atoms. The lowest BCUT2D eigenvalue weighted by Crippen LogP contribution is -2.02. The number of hydrogen-bond donors (Lipinski definition) is 1. The van der Waals surface area contributed by atoms with E-state index in [1.807, 2.05) is 16.8 Å². The van der Waals surface area contributed by atoms with Gasteiger partial charge in [0, 0.05) is 17.0 Å². The van der Waals surface area contributed by atoms with Gasteiger partial charge >= 0.3 is 0 Å². The maximum Gasteiger partial charge on any atom is 0.123 e. The molecule has 0 fully saturated rings. The molecule has 0 aliphatic carbocycles. The van der Waals surface area contributed by atoms with Crippen LogP contribution in [-0.4, -0.2) is 5.11 Å². The van der Waals surface area contributed by atoms with Gasteiger partial charge in [0.1, 0.15) is 5.82 Å². The van der Waals surface area contributed by atoms with E-state index < -0.39 is 6.10 Å². The van der Waals surface area contributed by atoms with Gasteiger partial charge in [-0.25, -0.2) is 4.39 Å². The minimum absolute atomic E-state index is 0.385. The Kier molecular flexibility index (Phi) is 3.59. The van der Waals surface area contributed by atoms with Gasteiger partial charge in [0.25, 0.3) is 0 Å². The van der Waals surface area contributed by atoms with Crippen LogP contribution in [0.15, 0.2) is 35.0 Å². The molecule has 1 aromatic heterocycles. The van der Waals surface area contributed by atoms with Gasteiger partial charge in [-0.05, 0) is 40.6 Å². The summed E-state index contributed by atoms with van der Waals surface area (Å²) in [6, 6.07) is 5.95. The van der Waals surface area contributed by atoms with Crippen LogP contribution >= 0.6 is 22.9 Å². The first-order valence-electron chi connectivity index (χ1n) is 4.81. The fraction of sp³-hybridized carbons (Fsp3) is 0.167. The summed E-state index contributed by atoms with van der Waals surface area (Å²) < 4.78 is 13.0. The predicted octanol–water partition coefficient (Wildman–Crippen LogP) is 3.82. The zero-order valence-corrected chi connectivity index (χ0v) is 9.93. The molecule has 0 saturated carbocycles. The van der Waals surface area contributed by atoms with Crippen LogP contribution in [0.1, 0.15) is 17.2 Å². The zero-order chi connectivity index (χ0) is 11.5. The van der Waals surface area contributed by atoms with Gasteiger partial charge in [-0.2, -0.15) is 11.3 Å². The Morgan fingerprint density at radius 2 is 2.19 bits per heavy atom. The second kappa shape index (κ2) is 4.95. The molecule has 1 heterocycles. The largest absolute Gasteiger partial charge is 0.388 e. The van der Waals surface area contributed by atoms with Crippen molar-refractivity contribution in [3.63, 3.8) is 0 Å². The lowest BCUT2D eigenvalue weighted by molar-refractivity contribution is 0.178. The number of halogens is 2. The molecule has 2 aromatic rings. The van der Waals surface area contributed by atoms with Gasteiger partial charge < -0.3 is 5.11 Å². The van der Waals surface area contributed by atoms with Gasteiger partial charge in [0.2, 0.25) is 0 Å². The summed E-state index contributed by atoms with van der Waals surface area (Å²) in [6.07, 6.45) is -0.315. The number of aliphatic hydroxyl groups excluding tert-OH is 1. The van der Waals surface area contributed by atoms with Crippen molar-refractivity contribution in [3.8, 4) is 0 Å². The normalized spacial score (nSPS) is 12.7. The second-order valence-electron chi connectivity index (χ2n) is 3.52. The minimum Gasteiger partial charge on any atom is -0.388 e. The van der Waals surface area contributed by atoms with Crippen LogP contribution in [0.2, 0.25) is 5.02 Å². The fourth-order valence-corrected chi connectivity index (χ4v) is 2.44. The Hall–Kier alpha value is -0.900. The molecular formula is C12H10ClFOS. The van der Waals surface area contributed by atoms with Crippen molar-refractivity contribution in [2.75, 3.05) is 0 Å². The Bertz CT molecular complexity index is 470. The Balaban J connectivity index is 2.20. The summed E-state index contributed by atoms with van der Waals surface area (Å²) in [7, 11) is 0. The molecule has 2 rings (SSSR count). The minimum atomic E-state index is -0.766. The van der Waals surface area contributed by atoms with Crippen molar-refractivity contribution in [3.05, 3.63) is 57.0 Å². The monoisotopic (exact) mass is 256 g/mol. The van der Waals surface area contributed by atoms with Crippen LogP contribution in [0.4, 0.5) is 4.39 Å². The first-order valence-corrected chi connectivity index (χ1v) is 6.13. The van der Waals surface area contributed by atoms with Crippen LogP contribution in [0, 0.1) is 5.82 Å². The summed E-state index contributed by atoms with van der Waals surface area (Å²) in [5, 5.41) is 14.2. The van der Waals surface area contributed by atoms with E-state index >= 15 is 0 Å². The smallest absolute Gasteiger partial charge is 0.123 e. The summed E-state index contributed by atoms with van der Waals surface area (Å²) >= 11 is 7.47. The first kappa shape index (κ1) is 11.6. The molecule has 1 nitrogen and oxygen atoms in total. The van der Waals surface area contributed by atoms with Crippen molar-refractivity contribution in [2.45, 2.75) is 12.5 Å². The average Bonchev–Trinajstić information content (AvgIpc) is 2.74. The molecule has 1 N–H and O–H groups in total. The summed E-state index contributed by atoms with van der Waals surface area (Å²) in [5.74, 6) is -0.385. The number of rotatable bonds is 3. The maximum absolute atomic E-state index is 13.0. The van der Waals surface area contributed by atoms with E-state index in [1.165, 1.54) is 18.2 Å². The van der Waals surface area contributed by atoms with Gasteiger partial charge in [0.15, 0.2) is 0 Å². The van der Waals surface area contributed by atoms with Crippen molar-refractivity contribution < 1.29 is 9.50 Å². The third-order valence-electron chi connectivity index (χ3n) is 2.33. The molecule has 0 saturated heterocycles. The quantitative estimate of drug-likeness (QED) is 0.885. The SMILES string of the molecule is OC(Cc1ccsc1)c1cc(F)ccc1Cl. The summed E-state index contributed by atoms with van der Waals surface area (Å²) in [4.78, 5) is 0. The van der Waals surface area contributed by atoms with E-state index in [0.717, 1.165) is 5.56 Å². The lowest BCUT2D eigenvalue weighted by atomic mass is 10.0. The highest BCUT2D eigenvalue weighted by Gasteiger charge is 2.13. The van der Waals surface area contributed by atoms with Crippen LogP contribution in [0.3, 0.4) is 0 Å². The van der Waals surface area contributed by atoms with Gasteiger partial charge in [0.05, 0.1) is 6.10 Å². The Labute approximate surface area is 102 Å². The summed E-state index contributed by atoms with van der Waals surface area (Å²) in [6.45, 7) is 0. The maximum atomic E-state index is 13.0. The molecule has 4 heteroatoms. The van der Waals surface area contributed by atoms with E-state index in [2.05, 4.69) is 0 Å². The standard InChI is InChI=1S/C12H10ClFOS/c13-11-2-1-9(14)6-10(11)12(15)5-8-3-4-16-7-8/h1-4,6-7,12,15H,5H2. The molecule has 0 spiro atoms. The van der Waals surface area contributed by atoms with Crippen molar-refractivity contribution in [1.82, 2.24) is 0 Å². The molecule has 1 aromatic carbocycles. The van der Waals surface area contributed by atoms with Crippen LogP contribution in [0.25, 0.3) is 0 Å².